The van der Waals surface area contributed by atoms with E-state index in [2.05, 4.69) is 19.9 Å². The molecule has 2 N–H and O–H groups in total. The number of benzene rings is 1. The number of hydrogen-bond donors (Lipinski definition) is 2. The van der Waals surface area contributed by atoms with E-state index in [1.807, 2.05) is 36.5 Å². The van der Waals surface area contributed by atoms with Crippen molar-refractivity contribution in [1.29, 1.82) is 0 Å². The normalized spacial score (nSPS) is 15.6. The van der Waals surface area contributed by atoms with Crippen LogP contribution in [0.5, 0.6) is 0 Å². The predicted molar refractivity (Wildman–Crippen MR) is 108 cm³/mol. The molecule has 28 heavy (non-hydrogen) atoms. The summed E-state index contributed by atoms with van der Waals surface area (Å²) in [5.74, 6) is 2.20. The van der Waals surface area contributed by atoms with Gasteiger partial charge in [0.15, 0.2) is 0 Å². The second-order valence-electron chi connectivity index (χ2n) is 7.50. The molecule has 0 saturated carbocycles. The number of piperidine rings is 1. The van der Waals surface area contributed by atoms with E-state index in [1.54, 1.807) is 25.2 Å². The van der Waals surface area contributed by atoms with Gasteiger partial charge in [-0.2, -0.15) is 0 Å². The smallest absolute Gasteiger partial charge is 0.272 e. The maximum atomic E-state index is 12.7. The molecule has 1 aromatic carbocycles. The summed E-state index contributed by atoms with van der Waals surface area (Å²) in [5, 5.41) is 0. The van der Waals surface area contributed by atoms with Crippen LogP contribution in [0.25, 0.3) is 11.3 Å². The van der Waals surface area contributed by atoms with Crippen LogP contribution < -0.4 is 0 Å². The Morgan fingerprint density at radius 2 is 1.96 bits per heavy atom. The van der Waals surface area contributed by atoms with E-state index in [4.69, 9.17) is 4.98 Å². The van der Waals surface area contributed by atoms with Gasteiger partial charge < -0.3 is 14.9 Å². The first-order valence-corrected chi connectivity index (χ1v) is 9.69. The third-order valence-electron chi connectivity index (χ3n) is 5.29. The number of carbonyl (C=O) groups is 1. The number of carbonyl (C=O) groups excluding carboxylic acids is 1. The first kappa shape index (κ1) is 18.4. The van der Waals surface area contributed by atoms with Crippen molar-refractivity contribution in [2.24, 2.45) is 0 Å². The quantitative estimate of drug-likeness (QED) is 0.715. The second-order valence-corrected chi connectivity index (χ2v) is 7.50. The van der Waals surface area contributed by atoms with Crippen LogP contribution in [-0.4, -0.2) is 62.8 Å². The van der Waals surface area contributed by atoms with Gasteiger partial charge in [-0.3, -0.25) is 9.69 Å². The van der Waals surface area contributed by atoms with E-state index >= 15 is 0 Å². The van der Waals surface area contributed by atoms with Crippen molar-refractivity contribution in [1.82, 2.24) is 29.7 Å². The Bertz CT molecular complexity index is 908. The minimum atomic E-state index is -0.0483. The number of nitrogens with one attached hydrogen (secondary N) is 2. The third-order valence-corrected chi connectivity index (χ3v) is 5.29. The Labute approximate surface area is 164 Å². The molecule has 0 bridgehead atoms. The summed E-state index contributed by atoms with van der Waals surface area (Å²) in [5.41, 5.74) is 2.28. The molecule has 7 heteroatoms. The first-order chi connectivity index (χ1) is 13.6. The van der Waals surface area contributed by atoms with Gasteiger partial charge in [-0.1, -0.05) is 30.3 Å². The molecule has 0 atom stereocenters. The molecule has 0 aliphatic carbocycles. The van der Waals surface area contributed by atoms with Gasteiger partial charge in [0, 0.05) is 38.0 Å². The highest BCUT2D eigenvalue weighted by molar-refractivity contribution is 5.98. The fraction of sp³-hybridized carbons (Fsp3) is 0.381. The van der Waals surface area contributed by atoms with E-state index < -0.39 is 0 Å². The maximum Gasteiger partial charge on any atom is 0.272 e. The zero-order valence-corrected chi connectivity index (χ0v) is 16.4. The highest BCUT2D eigenvalue weighted by Gasteiger charge is 2.27. The Morgan fingerprint density at radius 1 is 1.21 bits per heavy atom. The predicted octanol–water partition coefficient (Wildman–Crippen LogP) is 2.88. The van der Waals surface area contributed by atoms with Gasteiger partial charge >= 0.3 is 0 Å². The molecule has 7 nitrogen and oxygen atoms in total. The summed E-state index contributed by atoms with van der Waals surface area (Å²) in [6, 6.07) is 9.91. The number of rotatable bonds is 5. The number of likely N-dealkylation sites (tertiary alicyclic amines) is 1. The van der Waals surface area contributed by atoms with Crippen molar-refractivity contribution in [3.63, 3.8) is 0 Å². The Kier molecular flexibility index (Phi) is 5.25. The summed E-state index contributed by atoms with van der Waals surface area (Å²) in [7, 11) is 3.54. The number of hydrogen-bond acceptors (Lipinski definition) is 4. The summed E-state index contributed by atoms with van der Waals surface area (Å²) >= 11 is 0. The Hall–Kier alpha value is -2.93. The van der Waals surface area contributed by atoms with Gasteiger partial charge in [0.2, 0.25) is 0 Å². The molecule has 3 aromatic rings. The zero-order chi connectivity index (χ0) is 19.5. The fourth-order valence-corrected chi connectivity index (χ4v) is 3.73. The third kappa shape index (κ3) is 3.84. The molecule has 0 spiro atoms. The largest absolute Gasteiger partial charge is 0.348 e. The van der Waals surface area contributed by atoms with Crippen molar-refractivity contribution in [2.75, 3.05) is 27.2 Å². The van der Waals surface area contributed by atoms with Crippen LogP contribution in [0.1, 0.15) is 40.9 Å². The molecule has 4 rings (SSSR count). The summed E-state index contributed by atoms with van der Waals surface area (Å²) in [6.45, 7) is 2.82. The van der Waals surface area contributed by atoms with E-state index in [1.165, 1.54) is 0 Å². The number of amides is 1. The van der Waals surface area contributed by atoms with Crippen LogP contribution in [0.3, 0.4) is 0 Å². The molecule has 1 saturated heterocycles. The number of aromatic nitrogens is 4. The zero-order valence-electron chi connectivity index (χ0n) is 16.4. The molecular weight excluding hydrogens is 352 g/mol. The van der Waals surface area contributed by atoms with Crippen LogP contribution in [0.4, 0.5) is 0 Å². The van der Waals surface area contributed by atoms with Crippen molar-refractivity contribution in [2.45, 2.75) is 25.3 Å². The minimum Gasteiger partial charge on any atom is -0.348 e. The van der Waals surface area contributed by atoms with Gasteiger partial charge in [-0.05, 0) is 25.9 Å². The van der Waals surface area contributed by atoms with Gasteiger partial charge in [0.05, 0.1) is 6.54 Å². The van der Waals surface area contributed by atoms with Crippen LogP contribution in [0.15, 0.2) is 42.7 Å². The highest BCUT2D eigenvalue weighted by atomic mass is 16.2. The topological polar surface area (TPSA) is 80.9 Å². The standard InChI is InChI=1S/C21H26N6O/c1-26(2)21(28)19-18(15-6-4-3-5-7-15)24-20(25-19)16-8-12-27(13-9-16)14-17-22-10-11-23-17/h3-7,10-11,16H,8-9,12-14H2,1-2H3,(H,22,23)(H,24,25). The molecule has 2 aromatic heterocycles. The van der Waals surface area contributed by atoms with Crippen LogP contribution in [-0.2, 0) is 6.54 Å². The molecule has 146 valence electrons. The van der Waals surface area contributed by atoms with Gasteiger partial charge in [-0.15, -0.1) is 0 Å². The van der Waals surface area contributed by atoms with Crippen molar-refractivity contribution in [3.05, 3.63) is 60.1 Å². The number of imidazole rings is 2. The molecule has 1 aliphatic heterocycles. The monoisotopic (exact) mass is 378 g/mol. The fourth-order valence-electron chi connectivity index (χ4n) is 3.73. The molecule has 1 aliphatic rings. The van der Waals surface area contributed by atoms with Gasteiger partial charge in [-0.25, -0.2) is 9.97 Å². The van der Waals surface area contributed by atoms with Gasteiger partial charge in [0.1, 0.15) is 23.0 Å². The molecule has 1 amide bonds. The Balaban J connectivity index is 1.53. The van der Waals surface area contributed by atoms with Crippen LogP contribution in [0.2, 0.25) is 0 Å². The average Bonchev–Trinajstić information content (AvgIpc) is 3.38. The lowest BCUT2D eigenvalue weighted by Crippen LogP contribution is -2.33. The van der Waals surface area contributed by atoms with Crippen LogP contribution in [0, 0.1) is 0 Å². The van der Waals surface area contributed by atoms with E-state index in [0.717, 1.165) is 55.4 Å². The van der Waals surface area contributed by atoms with E-state index in [9.17, 15) is 4.79 Å². The molecule has 1 fully saturated rings. The molecule has 3 heterocycles. The highest BCUT2D eigenvalue weighted by Crippen LogP contribution is 2.30. The van der Waals surface area contributed by atoms with E-state index in [-0.39, 0.29) is 5.91 Å². The lowest BCUT2D eigenvalue weighted by molar-refractivity contribution is 0.0823. The van der Waals surface area contributed by atoms with E-state index in [0.29, 0.717) is 11.6 Å². The lowest BCUT2D eigenvalue weighted by atomic mass is 9.96. The first-order valence-electron chi connectivity index (χ1n) is 9.69. The number of nitrogens with zero attached hydrogens (tertiary/aromatic N) is 4. The summed E-state index contributed by atoms with van der Waals surface area (Å²) in [6.07, 6.45) is 5.68. The lowest BCUT2D eigenvalue weighted by Gasteiger charge is -2.30. The second kappa shape index (κ2) is 7.98. The van der Waals surface area contributed by atoms with Crippen molar-refractivity contribution >= 4 is 5.91 Å². The maximum absolute atomic E-state index is 12.7. The SMILES string of the molecule is CN(C)C(=O)c1[nH]c(C2CCN(Cc3ncc[nH]3)CC2)nc1-c1ccccc1. The molecular formula is C21H26N6O. The van der Waals surface area contributed by atoms with Crippen molar-refractivity contribution in [3.8, 4) is 11.3 Å². The molecule has 0 unspecified atom stereocenters. The molecule has 0 radical (unpaired) electrons. The summed E-state index contributed by atoms with van der Waals surface area (Å²) in [4.78, 5) is 32.4. The van der Waals surface area contributed by atoms with Crippen LogP contribution >= 0.6 is 0 Å². The number of aromatic amines is 2. The number of H-pyrrole nitrogens is 2. The van der Waals surface area contributed by atoms with Crippen molar-refractivity contribution < 1.29 is 4.79 Å². The Morgan fingerprint density at radius 3 is 2.61 bits per heavy atom. The van der Waals surface area contributed by atoms with Gasteiger partial charge in [0.25, 0.3) is 5.91 Å². The average molecular weight is 378 g/mol. The summed E-state index contributed by atoms with van der Waals surface area (Å²) < 4.78 is 0. The minimum absolute atomic E-state index is 0.0483.